The Bertz CT molecular complexity index is 685. The third kappa shape index (κ3) is 4.64. The van der Waals surface area contributed by atoms with Gasteiger partial charge in [0.15, 0.2) is 0 Å². The van der Waals surface area contributed by atoms with Gasteiger partial charge in [-0.1, -0.05) is 57.5 Å². The molecule has 2 aromatic rings. The maximum atomic E-state index is 12.7. The average Bonchev–Trinajstić information content (AvgIpc) is 2.94. The van der Waals surface area contributed by atoms with Crippen LogP contribution in [0.1, 0.15) is 45.4 Å². The summed E-state index contributed by atoms with van der Waals surface area (Å²) < 4.78 is 2.17. The van der Waals surface area contributed by atoms with Gasteiger partial charge in [-0.05, 0) is 30.2 Å². The van der Waals surface area contributed by atoms with E-state index < -0.39 is 0 Å². The summed E-state index contributed by atoms with van der Waals surface area (Å²) in [5.74, 6) is 0.190. The topological polar surface area (TPSA) is 25.2 Å². The monoisotopic (exact) mass is 346 g/mol. The van der Waals surface area contributed by atoms with Gasteiger partial charge in [0.05, 0.1) is 6.54 Å². The zero-order chi connectivity index (χ0) is 17.7. The summed E-state index contributed by atoms with van der Waals surface area (Å²) in [6.45, 7) is 10.1. The van der Waals surface area contributed by atoms with Crippen molar-refractivity contribution in [2.24, 2.45) is 5.41 Å². The molecule has 4 heteroatoms. The normalized spacial score (nSPS) is 11.5. The lowest BCUT2D eigenvalue weighted by molar-refractivity contribution is -0.140. The first-order valence-corrected chi connectivity index (χ1v) is 8.87. The molecule has 1 aromatic heterocycles. The molecule has 0 spiro atoms. The molecule has 0 aliphatic carbocycles. The smallest absolute Gasteiger partial charge is 0.228 e. The number of hydrogen-bond acceptors (Lipinski definition) is 1. The first kappa shape index (κ1) is 18.6. The van der Waals surface area contributed by atoms with Crippen LogP contribution >= 0.6 is 11.6 Å². The summed E-state index contributed by atoms with van der Waals surface area (Å²) in [5.41, 5.74) is 1.84. The number of nitrogens with zero attached hydrogens (tertiary/aromatic N) is 2. The second kappa shape index (κ2) is 7.89. The molecule has 24 heavy (non-hydrogen) atoms. The number of aromatic nitrogens is 1. The highest BCUT2D eigenvalue weighted by Crippen LogP contribution is 2.21. The predicted molar refractivity (Wildman–Crippen MR) is 100 cm³/mol. The molecule has 3 nitrogen and oxygen atoms in total. The molecule has 0 aliphatic rings. The van der Waals surface area contributed by atoms with Gasteiger partial charge in [0.25, 0.3) is 0 Å². The van der Waals surface area contributed by atoms with Crippen molar-refractivity contribution in [1.29, 1.82) is 0 Å². The Morgan fingerprint density at radius 1 is 1.17 bits per heavy atom. The van der Waals surface area contributed by atoms with Gasteiger partial charge in [-0.3, -0.25) is 4.79 Å². The molecule has 1 amide bonds. The van der Waals surface area contributed by atoms with E-state index in [-0.39, 0.29) is 11.3 Å². The summed E-state index contributed by atoms with van der Waals surface area (Å²) >= 11 is 6.28. The van der Waals surface area contributed by atoms with Crippen molar-refractivity contribution < 1.29 is 4.79 Å². The van der Waals surface area contributed by atoms with Crippen LogP contribution in [-0.2, 0) is 17.9 Å². The van der Waals surface area contributed by atoms with Crippen molar-refractivity contribution in [3.8, 4) is 0 Å². The van der Waals surface area contributed by atoms with Crippen LogP contribution < -0.4 is 0 Å². The quantitative estimate of drug-likeness (QED) is 0.724. The summed E-state index contributed by atoms with van der Waals surface area (Å²) in [4.78, 5) is 14.7. The Kier molecular flexibility index (Phi) is 6.11. The molecule has 0 unspecified atom stereocenters. The fourth-order valence-electron chi connectivity index (χ4n) is 2.75. The minimum atomic E-state index is -0.366. The van der Waals surface area contributed by atoms with Gasteiger partial charge in [0.1, 0.15) is 0 Å². The van der Waals surface area contributed by atoms with E-state index in [2.05, 4.69) is 17.6 Å². The summed E-state index contributed by atoms with van der Waals surface area (Å²) in [6, 6.07) is 12.0. The van der Waals surface area contributed by atoms with E-state index in [1.807, 2.05) is 62.2 Å². The first-order valence-electron chi connectivity index (χ1n) is 8.49. The van der Waals surface area contributed by atoms with Crippen LogP contribution in [0.3, 0.4) is 0 Å². The maximum absolute atomic E-state index is 12.7. The Morgan fingerprint density at radius 3 is 2.50 bits per heavy atom. The van der Waals surface area contributed by atoms with Gasteiger partial charge in [-0.15, -0.1) is 0 Å². The van der Waals surface area contributed by atoms with Crippen LogP contribution in [0.4, 0.5) is 0 Å². The van der Waals surface area contributed by atoms with E-state index >= 15 is 0 Å². The lowest BCUT2D eigenvalue weighted by atomic mass is 9.94. The lowest BCUT2D eigenvalue weighted by Crippen LogP contribution is -2.39. The summed E-state index contributed by atoms with van der Waals surface area (Å²) in [5, 5.41) is 0.772. The van der Waals surface area contributed by atoms with Gasteiger partial charge >= 0.3 is 0 Å². The molecule has 2 rings (SSSR count). The average molecular weight is 347 g/mol. The van der Waals surface area contributed by atoms with Crippen LogP contribution in [0.25, 0.3) is 0 Å². The second-order valence-corrected chi connectivity index (χ2v) is 7.60. The van der Waals surface area contributed by atoms with E-state index in [4.69, 9.17) is 11.6 Å². The molecule has 130 valence electrons. The van der Waals surface area contributed by atoms with Crippen molar-refractivity contribution in [2.75, 3.05) is 6.54 Å². The van der Waals surface area contributed by atoms with E-state index in [1.165, 1.54) is 0 Å². The van der Waals surface area contributed by atoms with Gasteiger partial charge in [0, 0.05) is 35.4 Å². The maximum Gasteiger partial charge on any atom is 0.228 e. The van der Waals surface area contributed by atoms with E-state index in [0.717, 1.165) is 29.2 Å². The summed E-state index contributed by atoms with van der Waals surface area (Å²) in [6.07, 6.45) is 3.00. The van der Waals surface area contributed by atoms with Crippen LogP contribution in [0.15, 0.2) is 42.6 Å². The number of halogens is 1. The Balaban J connectivity index is 2.19. The van der Waals surface area contributed by atoms with E-state index in [9.17, 15) is 4.79 Å². The fourth-order valence-corrected chi connectivity index (χ4v) is 2.95. The Morgan fingerprint density at radius 2 is 1.88 bits per heavy atom. The van der Waals surface area contributed by atoms with Crippen LogP contribution in [-0.4, -0.2) is 21.9 Å². The molecular weight excluding hydrogens is 320 g/mol. The van der Waals surface area contributed by atoms with Crippen molar-refractivity contribution in [2.45, 2.75) is 47.2 Å². The zero-order valence-corrected chi connectivity index (χ0v) is 15.8. The van der Waals surface area contributed by atoms with E-state index in [0.29, 0.717) is 13.1 Å². The largest absolute Gasteiger partial charge is 0.345 e. The summed E-state index contributed by atoms with van der Waals surface area (Å²) in [7, 11) is 0. The molecule has 0 fully saturated rings. The van der Waals surface area contributed by atoms with Crippen LogP contribution in [0.2, 0.25) is 5.02 Å². The fraction of sp³-hybridized carbons (Fsp3) is 0.450. The van der Waals surface area contributed by atoms with E-state index in [1.54, 1.807) is 0 Å². The Hall–Kier alpha value is -1.74. The standard InChI is InChI=1S/C20H27ClN2O/c1-5-12-23(19(24)20(2,3)4)15-17-10-8-13-22(17)14-16-9-6-7-11-18(16)21/h6-11,13H,5,12,14-15H2,1-4H3. The third-order valence-electron chi connectivity index (χ3n) is 4.00. The van der Waals surface area contributed by atoms with Crippen molar-refractivity contribution in [3.05, 3.63) is 58.9 Å². The minimum Gasteiger partial charge on any atom is -0.345 e. The molecule has 1 aromatic carbocycles. The molecule has 0 atom stereocenters. The molecule has 0 N–H and O–H groups in total. The van der Waals surface area contributed by atoms with Crippen molar-refractivity contribution >= 4 is 17.5 Å². The Labute approximate surface area is 150 Å². The number of hydrogen-bond donors (Lipinski definition) is 0. The predicted octanol–water partition coefficient (Wildman–Crippen LogP) is 4.97. The third-order valence-corrected chi connectivity index (χ3v) is 4.37. The molecule has 0 aliphatic heterocycles. The zero-order valence-electron chi connectivity index (χ0n) is 15.1. The van der Waals surface area contributed by atoms with Crippen LogP contribution in [0.5, 0.6) is 0 Å². The number of carbonyl (C=O) groups excluding carboxylic acids is 1. The van der Waals surface area contributed by atoms with Gasteiger partial charge in [-0.25, -0.2) is 0 Å². The first-order chi connectivity index (χ1) is 11.3. The number of benzene rings is 1. The van der Waals surface area contributed by atoms with Crippen LogP contribution in [0, 0.1) is 5.41 Å². The van der Waals surface area contributed by atoms with Crippen molar-refractivity contribution in [3.63, 3.8) is 0 Å². The number of amides is 1. The highest BCUT2D eigenvalue weighted by molar-refractivity contribution is 6.31. The highest BCUT2D eigenvalue weighted by atomic mass is 35.5. The number of rotatable bonds is 6. The SMILES string of the molecule is CCCN(Cc1cccn1Cc1ccccc1Cl)C(=O)C(C)(C)C. The lowest BCUT2D eigenvalue weighted by Gasteiger charge is -2.29. The minimum absolute atomic E-state index is 0.190. The molecule has 0 radical (unpaired) electrons. The second-order valence-electron chi connectivity index (χ2n) is 7.20. The molecule has 0 bridgehead atoms. The molecular formula is C20H27ClN2O. The van der Waals surface area contributed by atoms with Gasteiger partial charge in [-0.2, -0.15) is 0 Å². The molecule has 0 saturated carbocycles. The molecule has 1 heterocycles. The molecule has 0 saturated heterocycles. The van der Waals surface area contributed by atoms with Gasteiger partial charge in [0.2, 0.25) is 5.91 Å². The highest BCUT2D eigenvalue weighted by Gasteiger charge is 2.27. The van der Waals surface area contributed by atoms with Gasteiger partial charge < -0.3 is 9.47 Å². The van der Waals surface area contributed by atoms with Crippen molar-refractivity contribution in [1.82, 2.24) is 9.47 Å². The number of carbonyl (C=O) groups is 1.